The minimum absolute atomic E-state index is 0.252. The molecule has 4 nitrogen and oxygen atoms in total. The number of carbonyl (C=O) groups is 1. The lowest BCUT2D eigenvalue weighted by Gasteiger charge is -2.05. The van der Waals surface area contributed by atoms with Gasteiger partial charge in [-0.15, -0.1) is 0 Å². The van der Waals surface area contributed by atoms with Crippen LogP contribution < -0.4 is 5.32 Å². The van der Waals surface area contributed by atoms with Gasteiger partial charge in [0.2, 0.25) is 5.91 Å². The lowest BCUT2D eigenvalue weighted by molar-refractivity contribution is -0.116. The maximum absolute atomic E-state index is 13.6. The summed E-state index contributed by atoms with van der Waals surface area (Å²) in [5, 5.41) is 6.98. The molecule has 0 radical (unpaired) electrons. The summed E-state index contributed by atoms with van der Waals surface area (Å²) in [6, 6.07) is 14.5. The van der Waals surface area contributed by atoms with E-state index in [1.165, 1.54) is 18.2 Å². The standard InChI is InChI=1S/C20H17BrFN3O/c21-17-5-8-19(22)16(14-17)4-9-20(26)23-12-10-15-2-6-18(7-3-15)25-13-1-11-24-25/h1-9,11,13-14H,10,12H2,(H,23,26)/b9-4+. The molecule has 1 aromatic heterocycles. The number of benzene rings is 2. The fraction of sp³-hybridized carbons (Fsp3) is 0.100. The Kier molecular flexibility index (Phi) is 5.96. The average molecular weight is 414 g/mol. The van der Waals surface area contributed by atoms with E-state index in [4.69, 9.17) is 0 Å². The van der Waals surface area contributed by atoms with E-state index in [0.29, 0.717) is 18.5 Å². The van der Waals surface area contributed by atoms with Crippen molar-refractivity contribution in [3.8, 4) is 5.69 Å². The maximum atomic E-state index is 13.6. The van der Waals surface area contributed by atoms with Crippen LogP contribution in [-0.4, -0.2) is 22.2 Å². The molecule has 26 heavy (non-hydrogen) atoms. The molecule has 0 bridgehead atoms. The van der Waals surface area contributed by atoms with E-state index < -0.39 is 0 Å². The first-order valence-electron chi connectivity index (χ1n) is 8.12. The zero-order valence-corrected chi connectivity index (χ0v) is 15.5. The van der Waals surface area contributed by atoms with E-state index in [-0.39, 0.29) is 11.7 Å². The molecular formula is C20H17BrFN3O. The summed E-state index contributed by atoms with van der Waals surface area (Å²) in [4.78, 5) is 11.9. The fourth-order valence-corrected chi connectivity index (χ4v) is 2.81. The zero-order chi connectivity index (χ0) is 18.4. The minimum atomic E-state index is -0.366. The van der Waals surface area contributed by atoms with Gasteiger partial charge < -0.3 is 5.32 Å². The number of nitrogens with zero attached hydrogens (tertiary/aromatic N) is 2. The molecule has 0 aliphatic rings. The summed E-state index contributed by atoms with van der Waals surface area (Å²) in [7, 11) is 0. The largest absolute Gasteiger partial charge is 0.352 e. The number of rotatable bonds is 6. The predicted octanol–water partition coefficient (Wildman–Crippen LogP) is 4.15. The SMILES string of the molecule is O=C(/C=C/c1cc(Br)ccc1F)NCCc1ccc(-n2cccn2)cc1. The van der Waals surface area contributed by atoms with Crippen molar-refractivity contribution in [1.29, 1.82) is 0 Å². The fourth-order valence-electron chi connectivity index (χ4n) is 2.43. The van der Waals surface area contributed by atoms with Crippen molar-refractivity contribution in [2.75, 3.05) is 6.54 Å². The van der Waals surface area contributed by atoms with Gasteiger partial charge in [-0.05, 0) is 54.5 Å². The molecular weight excluding hydrogens is 397 g/mol. The van der Waals surface area contributed by atoms with Crippen LogP contribution in [0.3, 0.4) is 0 Å². The number of amides is 1. The van der Waals surface area contributed by atoms with Gasteiger partial charge in [0, 0.05) is 35.1 Å². The second-order valence-corrected chi connectivity index (χ2v) is 6.57. The molecule has 0 aliphatic heterocycles. The first-order valence-corrected chi connectivity index (χ1v) is 8.91. The smallest absolute Gasteiger partial charge is 0.244 e. The van der Waals surface area contributed by atoms with Gasteiger partial charge in [0.05, 0.1) is 5.69 Å². The van der Waals surface area contributed by atoms with Crippen LogP contribution in [-0.2, 0) is 11.2 Å². The molecule has 2 aromatic carbocycles. The lowest BCUT2D eigenvalue weighted by atomic mass is 10.1. The van der Waals surface area contributed by atoms with Crippen LogP contribution in [0.2, 0.25) is 0 Å². The van der Waals surface area contributed by atoms with Gasteiger partial charge in [-0.2, -0.15) is 5.10 Å². The van der Waals surface area contributed by atoms with Gasteiger partial charge in [-0.1, -0.05) is 28.1 Å². The Balaban J connectivity index is 1.49. The molecule has 3 rings (SSSR count). The van der Waals surface area contributed by atoms with Crippen molar-refractivity contribution in [2.45, 2.75) is 6.42 Å². The molecule has 132 valence electrons. The molecule has 0 atom stereocenters. The zero-order valence-electron chi connectivity index (χ0n) is 13.9. The summed E-state index contributed by atoms with van der Waals surface area (Å²) in [5.41, 5.74) is 2.47. The quantitative estimate of drug-likeness (QED) is 0.617. The second-order valence-electron chi connectivity index (χ2n) is 5.66. The van der Waals surface area contributed by atoms with E-state index in [1.807, 2.05) is 36.5 Å². The van der Waals surface area contributed by atoms with Crippen LogP contribution in [0.15, 0.2) is 71.5 Å². The Hall–Kier alpha value is -2.73. The molecule has 0 saturated carbocycles. The van der Waals surface area contributed by atoms with Gasteiger partial charge in [0.1, 0.15) is 5.82 Å². The third kappa shape index (κ3) is 4.89. The topological polar surface area (TPSA) is 46.9 Å². The monoisotopic (exact) mass is 413 g/mol. The molecule has 1 N–H and O–H groups in total. The van der Waals surface area contributed by atoms with E-state index in [1.54, 1.807) is 23.0 Å². The number of hydrogen-bond acceptors (Lipinski definition) is 2. The third-order valence-electron chi connectivity index (χ3n) is 3.79. The molecule has 0 aliphatic carbocycles. The van der Waals surface area contributed by atoms with Gasteiger partial charge in [-0.25, -0.2) is 9.07 Å². The van der Waals surface area contributed by atoms with E-state index in [0.717, 1.165) is 15.7 Å². The van der Waals surface area contributed by atoms with Crippen LogP contribution >= 0.6 is 15.9 Å². The Morgan fingerprint density at radius 2 is 2.04 bits per heavy atom. The van der Waals surface area contributed by atoms with Crippen molar-refractivity contribution in [1.82, 2.24) is 15.1 Å². The summed E-state index contributed by atoms with van der Waals surface area (Å²) in [6.07, 6.45) is 7.14. The van der Waals surface area contributed by atoms with Crippen molar-refractivity contribution in [2.24, 2.45) is 0 Å². The number of halogens is 2. The number of carbonyl (C=O) groups excluding carboxylic acids is 1. The summed E-state index contributed by atoms with van der Waals surface area (Å²) in [6.45, 7) is 0.505. The van der Waals surface area contributed by atoms with Crippen LogP contribution in [0, 0.1) is 5.82 Å². The van der Waals surface area contributed by atoms with E-state index in [9.17, 15) is 9.18 Å². The van der Waals surface area contributed by atoms with Crippen LogP contribution in [0.5, 0.6) is 0 Å². The molecule has 0 spiro atoms. The third-order valence-corrected chi connectivity index (χ3v) is 4.28. The molecule has 1 heterocycles. The number of nitrogens with one attached hydrogen (secondary N) is 1. The van der Waals surface area contributed by atoms with Gasteiger partial charge >= 0.3 is 0 Å². The Morgan fingerprint density at radius 3 is 2.77 bits per heavy atom. The van der Waals surface area contributed by atoms with Crippen molar-refractivity contribution in [3.63, 3.8) is 0 Å². The minimum Gasteiger partial charge on any atom is -0.352 e. The highest BCUT2D eigenvalue weighted by atomic mass is 79.9. The Morgan fingerprint density at radius 1 is 1.23 bits per heavy atom. The predicted molar refractivity (Wildman–Crippen MR) is 103 cm³/mol. The van der Waals surface area contributed by atoms with Crippen LogP contribution in [0.25, 0.3) is 11.8 Å². The van der Waals surface area contributed by atoms with Crippen molar-refractivity contribution >= 4 is 27.9 Å². The molecule has 0 unspecified atom stereocenters. The normalized spacial score (nSPS) is 11.0. The molecule has 0 saturated heterocycles. The second kappa shape index (κ2) is 8.58. The van der Waals surface area contributed by atoms with Crippen molar-refractivity contribution < 1.29 is 9.18 Å². The Bertz CT molecular complexity index is 905. The highest BCUT2D eigenvalue weighted by Gasteiger charge is 2.02. The van der Waals surface area contributed by atoms with Gasteiger partial charge in [-0.3, -0.25) is 4.79 Å². The van der Waals surface area contributed by atoms with E-state index >= 15 is 0 Å². The van der Waals surface area contributed by atoms with Gasteiger partial charge in [0.15, 0.2) is 0 Å². The average Bonchev–Trinajstić information content (AvgIpc) is 3.18. The van der Waals surface area contributed by atoms with Crippen LogP contribution in [0.4, 0.5) is 4.39 Å². The highest BCUT2D eigenvalue weighted by Crippen LogP contribution is 2.16. The molecule has 0 fully saturated rings. The number of hydrogen-bond donors (Lipinski definition) is 1. The lowest BCUT2D eigenvalue weighted by Crippen LogP contribution is -2.23. The summed E-state index contributed by atoms with van der Waals surface area (Å²) in [5.74, 6) is -0.618. The summed E-state index contributed by atoms with van der Waals surface area (Å²) < 4.78 is 16.2. The molecule has 6 heteroatoms. The molecule has 1 amide bonds. The first-order chi connectivity index (χ1) is 12.6. The highest BCUT2D eigenvalue weighted by molar-refractivity contribution is 9.10. The van der Waals surface area contributed by atoms with E-state index in [2.05, 4.69) is 26.3 Å². The summed E-state index contributed by atoms with van der Waals surface area (Å²) >= 11 is 3.28. The first kappa shape index (κ1) is 18.1. The Labute approximate surface area is 159 Å². The van der Waals surface area contributed by atoms with Crippen molar-refractivity contribution in [3.05, 3.63) is 88.4 Å². The van der Waals surface area contributed by atoms with Crippen LogP contribution in [0.1, 0.15) is 11.1 Å². The van der Waals surface area contributed by atoms with Gasteiger partial charge in [0.25, 0.3) is 0 Å². The number of aromatic nitrogens is 2. The maximum Gasteiger partial charge on any atom is 0.244 e. The molecule has 3 aromatic rings.